The molecule has 0 radical (unpaired) electrons. The molecule has 0 N–H and O–H groups in total. The molecule has 0 bridgehead atoms. The number of sulfonamides is 1. The Morgan fingerprint density at radius 2 is 2.10 bits per heavy atom. The van der Waals surface area contributed by atoms with Gasteiger partial charge in [-0.1, -0.05) is 6.07 Å². The van der Waals surface area contributed by atoms with Crippen molar-refractivity contribution in [1.82, 2.24) is 4.41 Å². The molecule has 0 aromatic carbocycles. The molecule has 0 aliphatic carbocycles. The minimum absolute atomic E-state index is 0.207. The minimum atomic E-state index is -3.36. The van der Waals surface area contributed by atoms with Crippen molar-refractivity contribution in [3.8, 4) is 0 Å². The van der Waals surface area contributed by atoms with Crippen LogP contribution in [0.5, 0.6) is 0 Å². The predicted octanol–water partition coefficient (Wildman–Crippen LogP) is 3.23. The van der Waals surface area contributed by atoms with Gasteiger partial charge in [0.2, 0.25) is 10.0 Å². The van der Waals surface area contributed by atoms with Gasteiger partial charge in [0.1, 0.15) is 6.04 Å². The molecule has 20 heavy (non-hydrogen) atoms. The van der Waals surface area contributed by atoms with E-state index >= 15 is 0 Å². The van der Waals surface area contributed by atoms with E-state index in [9.17, 15) is 8.42 Å². The summed E-state index contributed by atoms with van der Waals surface area (Å²) in [7, 11) is -3.36. The van der Waals surface area contributed by atoms with Crippen molar-refractivity contribution in [2.75, 3.05) is 6.26 Å². The van der Waals surface area contributed by atoms with E-state index in [2.05, 4.69) is 5.10 Å². The van der Waals surface area contributed by atoms with Crippen LogP contribution in [0.25, 0.3) is 0 Å². The van der Waals surface area contributed by atoms with E-state index in [1.165, 1.54) is 10.7 Å². The molecule has 0 fully saturated rings. The summed E-state index contributed by atoms with van der Waals surface area (Å²) in [6.07, 6.45) is 1.84. The second-order valence-electron chi connectivity index (χ2n) is 4.75. The van der Waals surface area contributed by atoms with Crippen molar-refractivity contribution >= 4 is 38.4 Å². The average molecular weight is 326 g/mol. The van der Waals surface area contributed by atoms with Gasteiger partial charge in [-0.15, -0.1) is 22.7 Å². The fourth-order valence-electron chi connectivity index (χ4n) is 2.29. The topological polar surface area (TPSA) is 49.7 Å². The first kappa shape index (κ1) is 13.8. The highest BCUT2D eigenvalue weighted by atomic mass is 32.2. The second-order valence-corrected chi connectivity index (χ2v) is 8.49. The molecule has 0 unspecified atom stereocenters. The lowest BCUT2D eigenvalue weighted by Gasteiger charge is -2.19. The zero-order chi connectivity index (χ0) is 14.3. The molecule has 2 aromatic rings. The Balaban J connectivity index is 2.03. The van der Waals surface area contributed by atoms with Crippen LogP contribution in [-0.2, 0) is 10.0 Å². The summed E-state index contributed by atoms with van der Waals surface area (Å²) in [6.45, 7) is 2.03. The van der Waals surface area contributed by atoms with E-state index in [0.717, 1.165) is 21.0 Å². The SMILES string of the molecule is Cc1ccsc1C1=NN(S(C)(=O)=O)[C@@H](c2cccs2)C1. The number of hydrazone groups is 1. The summed E-state index contributed by atoms with van der Waals surface area (Å²) in [5.74, 6) is 0. The van der Waals surface area contributed by atoms with Crippen LogP contribution in [0.3, 0.4) is 0 Å². The van der Waals surface area contributed by atoms with Gasteiger partial charge in [0, 0.05) is 11.3 Å². The highest BCUT2D eigenvalue weighted by molar-refractivity contribution is 7.88. The lowest BCUT2D eigenvalue weighted by Crippen LogP contribution is -2.25. The Labute approximate surface area is 126 Å². The van der Waals surface area contributed by atoms with Crippen LogP contribution in [0.4, 0.5) is 0 Å². The number of nitrogens with zero attached hydrogens (tertiary/aromatic N) is 2. The Morgan fingerprint density at radius 3 is 2.65 bits per heavy atom. The fraction of sp³-hybridized carbons (Fsp3) is 0.308. The first-order chi connectivity index (χ1) is 9.47. The largest absolute Gasteiger partial charge is 0.247 e. The first-order valence-electron chi connectivity index (χ1n) is 6.11. The smallest absolute Gasteiger partial charge is 0.205 e. The summed E-state index contributed by atoms with van der Waals surface area (Å²) in [5, 5.41) is 8.35. The van der Waals surface area contributed by atoms with Gasteiger partial charge in [0.25, 0.3) is 0 Å². The number of hydrogen-bond donors (Lipinski definition) is 0. The monoisotopic (exact) mass is 326 g/mol. The standard InChI is InChI=1S/C13H14N2O2S3/c1-9-5-7-19-13(9)10-8-11(12-4-3-6-18-12)15(14-10)20(2,16)17/h3-7,11H,8H2,1-2H3/t11-/m1/s1. The van der Waals surface area contributed by atoms with E-state index in [0.29, 0.717) is 6.42 Å². The van der Waals surface area contributed by atoms with Crippen molar-refractivity contribution in [3.63, 3.8) is 0 Å². The highest BCUT2D eigenvalue weighted by Crippen LogP contribution is 2.37. The van der Waals surface area contributed by atoms with Crippen molar-refractivity contribution in [1.29, 1.82) is 0 Å². The van der Waals surface area contributed by atoms with Gasteiger partial charge < -0.3 is 0 Å². The van der Waals surface area contributed by atoms with Gasteiger partial charge in [-0.05, 0) is 35.4 Å². The molecule has 0 amide bonds. The van der Waals surface area contributed by atoms with Crippen LogP contribution in [0, 0.1) is 6.92 Å². The van der Waals surface area contributed by atoms with Gasteiger partial charge in [0.15, 0.2) is 0 Å². The lowest BCUT2D eigenvalue weighted by molar-refractivity contribution is 0.379. The maximum Gasteiger partial charge on any atom is 0.247 e. The molecule has 1 aliphatic rings. The molecule has 3 heterocycles. The molecule has 0 saturated carbocycles. The van der Waals surface area contributed by atoms with Gasteiger partial charge in [-0.2, -0.15) is 9.52 Å². The number of rotatable bonds is 3. The van der Waals surface area contributed by atoms with Crippen molar-refractivity contribution < 1.29 is 8.42 Å². The van der Waals surface area contributed by atoms with Crippen LogP contribution in [0.1, 0.15) is 27.8 Å². The molecular formula is C13H14N2O2S3. The Morgan fingerprint density at radius 1 is 1.30 bits per heavy atom. The van der Waals surface area contributed by atoms with Crippen LogP contribution in [0.2, 0.25) is 0 Å². The Kier molecular flexibility index (Phi) is 3.43. The molecule has 106 valence electrons. The number of hydrogen-bond acceptors (Lipinski definition) is 5. The zero-order valence-corrected chi connectivity index (χ0v) is 13.6. The maximum absolute atomic E-state index is 12.0. The molecule has 7 heteroatoms. The van der Waals surface area contributed by atoms with E-state index in [1.54, 1.807) is 22.7 Å². The van der Waals surface area contributed by atoms with Crippen molar-refractivity contribution in [2.45, 2.75) is 19.4 Å². The van der Waals surface area contributed by atoms with Gasteiger partial charge in [-0.25, -0.2) is 8.42 Å². The van der Waals surface area contributed by atoms with E-state index in [4.69, 9.17) is 0 Å². The molecule has 0 saturated heterocycles. The third-order valence-corrected chi connectivity index (χ3v) is 6.26. The molecule has 2 aromatic heterocycles. The summed E-state index contributed by atoms with van der Waals surface area (Å²) >= 11 is 3.18. The van der Waals surface area contributed by atoms with Crippen LogP contribution < -0.4 is 0 Å². The third kappa shape index (κ3) is 2.41. The van der Waals surface area contributed by atoms with Crippen molar-refractivity contribution in [3.05, 3.63) is 44.3 Å². The molecule has 4 nitrogen and oxygen atoms in total. The quantitative estimate of drug-likeness (QED) is 0.869. The Bertz CT molecular complexity index is 744. The number of thiophene rings is 2. The van der Waals surface area contributed by atoms with Crippen LogP contribution in [0.15, 0.2) is 34.1 Å². The minimum Gasteiger partial charge on any atom is -0.205 e. The first-order valence-corrected chi connectivity index (χ1v) is 9.72. The molecule has 3 rings (SSSR count). The summed E-state index contributed by atoms with van der Waals surface area (Å²) in [4.78, 5) is 2.11. The van der Waals surface area contributed by atoms with E-state index < -0.39 is 10.0 Å². The molecule has 0 spiro atoms. The van der Waals surface area contributed by atoms with Crippen LogP contribution >= 0.6 is 22.7 Å². The number of aryl methyl sites for hydroxylation is 1. The second kappa shape index (κ2) is 4.98. The summed E-state index contributed by atoms with van der Waals surface area (Å²) in [6, 6.07) is 5.73. The fourth-order valence-corrected chi connectivity index (χ4v) is 4.99. The molecule has 1 aliphatic heterocycles. The summed E-state index contributed by atoms with van der Waals surface area (Å²) in [5.41, 5.74) is 2.01. The third-order valence-electron chi connectivity index (χ3n) is 3.21. The normalized spacial score (nSPS) is 19.4. The van der Waals surface area contributed by atoms with E-state index in [-0.39, 0.29) is 6.04 Å². The predicted molar refractivity (Wildman–Crippen MR) is 84.0 cm³/mol. The van der Waals surface area contributed by atoms with Crippen LogP contribution in [-0.4, -0.2) is 24.8 Å². The zero-order valence-electron chi connectivity index (χ0n) is 11.1. The van der Waals surface area contributed by atoms with Gasteiger partial charge >= 0.3 is 0 Å². The highest BCUT2D eigenvalue weighted by Gasteiger charge is 2.35. The summed E-state index contributed by atoms with van der Waals surface area (Å²) < 4.78 is 25.2. The Hall–Kier alpha value is -1.18. The van der Waals surface area contributed by atoms with Crippen molar-refractivity contribution in [2.24, 2.45) is 5.10 Å². The van der Waals surface area contributed by atoms with Gasteiger partial charge in [0.05, 0.1) is 16.8 Å². The molecular weight excluding hydrogens is 312 g/mol. The average Bonchev–Trinajstić information content (AvgIpc) is 3.05. The molecule has 1 atom stereocenters. The van der Waals surface area contributed by atoms with E-state index in [1.807, 2.05) is 35.9 Å². The maximum atomic E-state index is 12.0. The lowest BCUT2D eigenvalue weighted by atomic mass is 10.1. The van der Waals surface area contributed by atoms with Gasteiger partial charge in [-0.3, -0.25) is 0 Å².